The van der Waals surface area contributed by atoms with Crippen LogP contribution in [-0.2, 0) is 5.41 Å². The summed E-state index contributed by atoms with van der Waals surface area (Å²) in [6, 6.07) is 49.8. The van der Waals surface area contributed by atoms with E-state index in [1.54, 1.807) is 0 Å². The number of hydrogen-bond acceptors (Lipinski definition) is 5. The van der Waals surface area contributed by atoms with Crippen molar-refractivity contribution in [1.29, 1.82) is 0 Å². The number of hydrogen-bond donors (Lipinski definition) is 1. The maximum absolute atomic E-state index is 6.51. The average Bonchev–Trinajstić information content (AvgIpc) is 3.39. The lowest BCUT2D eigenvalue weighted by Crippen LogP contribution is -2.32. The lowest BCUT2D eigenvalue weighted by Gasteiger charge is -2.39. The van der Waals surface area contributed by atoms with Crippen molar-refractivity contribution in [2.75, 3.05) is 5.73 Å². The molecule has 0 radical (unpaired) electrons. The topological polar surface area (TPSA) is 73.9 Å². The number of benzene rings is 6. The molecule has 2 aliphatic rings. The van der Waals surface area contributed by atoms with E-state index in [4.69, 9.17) is 25.4 Å². The summed E-state index contributed by atoms with van der Waals surface area (Å²) in [7, 11) is 0. The van der Waals surface area contributed by atoms with Crippen LogP contribution < -0.4 is 10.5 Å². The average molecular weight is 579 g/mol. The Labute approximate surface area is 260 Å². The van der Waals surface area contributed by atoms with Crippen LogP contribution >= 0.6 is 0 Å². The van der Waals surface area contributed by atoms with Gasteiger partial charge in [0, 0.05) is 33.5 Å². The second kappa shape index (κ2) is 9.73. The van der Waals surface area contributed by atoms with Crippen LogP contribution in [0.4, 0.5) is 5.69 Å². The van der Waals surface area contributed by atoms with Gasteiger partial charge in [0.05, 0.1) is 5.41 Å². The van der Waals surface area contributed by atoms with Crippen molar-refractivity contribution in [3.05, 3.63) is 168 Å². The SMILES string of the molecule is Nc1ccc(-c2nc(-c3ccccc3)nc(-c3ccc4c(c3)C3(c5ccccc5Oc5ccccc53)c3ccccc3-4)n2)cc1. The smallest absolute Gasteiger partial charge is 0.164 e. The molecule has 2 N–H and O–H groups in total. The predicted molar refractivity (Wildman–Crippen MR) is 178 cm³/mol. The van der Waals surface area contributed by atoms with Crippen LogP contribution in [0.25, 0.3) is 45.3 Å². The molecule has 0 saturated heterocycles. The fourth-order valence-electron chi connectivity index (χ4n) is 6.98. The van der Waals surface area contributed by atoms with Crippen LogP contribution in [0.5, 0.6) is 11.5 Å². The molecule has 1 aromatic heterocycles. The largest absolute Gasteiger partial charge is 0.457 e. The number of nitrogens with zero attached hydrogens (tertiary/aromatic N) is 3. The molecule has 0 amide bonds. The van der Waals surface area contributed by atoms with Gasteiger partial charge in [-0.3, -0.25) is 0 Å². The molecule has 0 fully saturated rings. The van der Waals surface area contributed by atoms with Crippen molar-refractivity contribution in [2.45, 2.75) is 5.41 Å². The van der Waals surface area contributed by atoms with Gasteiger partial charge >= 0.3 is 0 Å². The maximum Gasteiger partial charge on any atom is 0.164 e. The van der Waals surface area contributed by atoms with E-state index in [0.717, 1.165) is 39.3 Å². The summed E-state index contributed by atoms with van der Waals surface area (Å²) in [5.74, 6) is 3.55. The number of anilines is 1. The summed E-state index contributed by atoms with van der Waals surface area (Å²) in [6.45, 7) is 0. The minimum atomic E-state index is -0.567. The molecule has 45 heavy (non-hydrogen) atoms. The highest BCUT2D eigenvalue weighted by Gasteiger charge is 2.51. The molecule has 0 atom stereocenters. The number of fused-ring (bicyclic) bond motifs is 9. The molecule has 7 aromatic rings. The zero-order chi connectivity index (χ0) is 30.0. The minimum absolute atomic E-state index is 0.567. The number of rotatable bonds is 3. The Bertz CT molecular complexity index is 2220. The fourth-order valence-corrected chi connectivity index (χ4v) is 6.98. The lowest BCUT2D eigenvalue weighted by atomic mass is 9.66. The molecule has 1 aliphatic heterocycles. The Morgan fingerprint density at radius 1 is 0.422 bits per heavy atom. The van der Waals surface area contributed by atoms with Crippen molar-refractivity contribution < 1.29 is 4.74 Å². The van der Waals surface area contributed by atoms with Crippen molar-refractivity contribution >= 4 is 5.69 Å². The van der Waals surface area contributed by atoms with Gasteiger partial charge in [0.15, 0.2) is 17.5 Å². The highest BCUT2D eigenvalue weighted by atomic mass is 16.5. The summed E-state index contributed by atoms with van der Waals surface area (Å²) in [6.07, 6.45) is 0. The standard InChI is InChI=1S/C40H26N4O/c41-28-21-18-26(19-22-28)38-42-37(25-10-2-1-3-11-25)43-39(44-38)27-20-23-30-29-12-4-5-13-31(29)40(34(30)24-27)32-14-6-8-16-35(32)45-36-17-9-7-15-33(36)40/h1-24H,41H2. The third-order valence-corrected chi connectivity index (χ3v) is 8.94. The fraction of sp³-hybridized carbons (Fsp3) is 0.0250. The molecular weight excluding hydrogens is 552 g/mol. The minimum Gasteiger partial charge on any atom is -0.457 e. The van der Waals surface area contributed by atoms with E-state index < -0.39 is 5.41 Å². The molecular formula is C40H26N4O. The summed E-state index contributed by atoms with van der Waals surface area (Å²) in [4.78, 5) is 15.0. The van der Waals surface area contributed by atoms with Gasteiger partial charge in [0.2, 0.25) is 0 Å². The van der Waals surface area contributed by atoms with E-state index in [2.05, 4.69) is 78.9 Å². The van der Waals surface area contributed by atoms with Crippen LogP contribution in [0.15, 0.2) is 146 Å². The molecule has 0 unspecified atom stereocenters. The zero-order valence-electron chi connectivity index (χ0n) is 24.2. The number of nitrogens with two attached hydrogens (primary N) is 1. The Balaban J connectivity index is 1.32. The van der Waals surface area contributed by atoms with Crippen molar-refractivity contribution in [3.63, 3.8) is 0 Å². The molecule has 0 saturated carbocycles. The first-order valence-corrected chi connectivity index (χ1v) is 15.0. The van der Waals surface area contributed by atoms with Gasteiger partial charge in [-0.05, 0) is 64.7 Å². The van der Waals surface area contributed by atoms with Crippen LogP contribution in [0.3, 0.4) is 0 Å². The number of nitrogen functional groups attached to an aromatic ring is 1. The van der Waals surface area contributed by atoms with Crippen LogP contribution in [0.2, 0.25) is 0 Å². The van der Waals surface area contributed by atoms with E-state index in [0.29, 0.717) is 23.2 Å². The Hall–Kier alpha value is -6.07. The lowest BCUT2D eigenvalue weighted by molar-refractivity contribution is 0.436. The van der Waals surface area contributed by atoms with Crippen LogP contribution in [-0.4, -0.2) is 15.0 Å². The Kier molecular flexibility index (Phi) is 5.50. The van der Waals surface area contributed by atoms with E-state index >= 15 is 0 Å². The molecule has 9 rings (SSSR count). The van der Waals surface area contributed by atoms with E-state index in [1.165, 1.54) is 22.3 Å². The molecule has 6 aromatic carbocycles. The van der Waals surface area contributed by atoms with Crippen LogP contribution in [0, 0.1) is 0 Å². The van der Waals surface area contributed by atoms with Gasteiger partial charge in [-0.1, -0.05) is 103 Å². The second-order valence-corrected chi connectivity index (χ2v) is 11.4. The second-order valence-electron chi connectivity index (χ2n) is 11.4. The maximum atomic E-state index is 6.51. The van der Waals surface area contributed by atoms with Crippen LogP contribution in [0.1, 0.15) is 22.3 Å². The molecule has 2 heterocycles. The monoisotopic (exact) mass is 578 g/mol. The van der Waals surface area contributed by atoms with E-state index in [1.807, 2.05) is 66.7 Å². The zero-order valence-corrected chi connectivity index (χ0v) is 24.2. The summed E-state index contributed by atoms with van der Waals surface area (Å²) >= 11 is 0. The van der Waals surface area contributed by atoms with Gasteiger partial charge in [0.25, 0.3) is 0 Å². The van der Waals surface area contributed by atoms with Gasteiger partial charge in [0.1, 0.15) is 11.5 Å². The first kappa shape index (κ1) is 25.4. The third kappa shape index (κ3) is 3.77. The first-order valence-electron chi connectivity index (χ1n) is 15.0. The Morgan fingerprint density at radius 3 is 1.58 bits per heavy atom. The van der Waals surface area contributed by atoms with Crippen molar-refractivity contribution in [1.82, 2.24) is 15.0 Å². The van der Waals surface area contributed by atoms with E-state index in [-0.39, 0.29) is 0 Å². The summed E-state index contributed by atoms with van der Waals surface area (Å²) < 4.78 is 6.51. The number of aromatic nitrogens is 3. The molecule has 0 bridgehead atoms. The first-order chi connectivity index (χ1) is 22.2. The molecule has 5 heteroatoms. The summed E-state index contributed by atoms with van der Waals surface area (Å²) in [5, 5.41) is 0. The van der Waals surface area contributed by atoms with Crippen molar-refractivity contribution in [3.8, 4) is 56.8 Å². The predicted octanol–water partition coefficient (Wildman–Crippen LogP) is 8.92. The summed E-state index contributed by atoms with van der Waals surface area (Å²) in [5.41, 5.74) is 15.9. The Morgan fingerprint density at radius 2 is 0.911 bits per heavy atom. The normalized spacial score (nSPS) is 13.3. The van der Waals surface area contributed by atoms with Crippen molar-refractivity contribution in [2.24, 2.45) is 0 Å². The molecule has 212 valence electrons. The van der Waals surface area contributed by atoms with Gasteiger partial charge < -0.3 is 10.5 Å². The highest BCUT2D eigenvalue weighted by Crippen LogP contribution is 2.62. The van der Waals surface area contributed by atoms with Gasteiger partial charge in [-0.25, -0.2) is 15.0 Å². The molecule has 5 nitrogen and oxygen atoms in total. The highest BCUT2D eigenvalue weighted by molar-refractivity contribution is 5.90. The molecule has 1 spiro atoms. The third-order valence-electron chi connectivity index (χ3n) is 8.94. The van der Waals surface area contributed by atoms with Gasteiger partial charge in [-0.15, -0.1) is 0 Å². The number of para-hydroxylation sites is 2. The number of ether oxygens (including phenoxy) is 1. The van der Waals surface area contributed by atoms with Gasteiger partial charge in [-0.2, -0.15) is 0 Å². The van der Waals surface area contributed by atoms with E-state index in [9.17, 15) is 0 Å². The molecule has 1 aliphatic carbocycles. The quantitative estimate of drug-likeness (QED) is 0.212.